The fourth-order valence-corrected chi connectivity index (χ4v) is 3.02. The summed E-state index contributed by atoms with van der Waals surface area (Å²) < 4.78 is 1.39. The molecule has 0 aliphatic carbocycles. The normalized spacial score (nSPS) is 15.8. The highest BCUT2D eigenvalue weighted by molar-refractivity contribution is 5.83. The number of carbonyl (C=O) groups excluding carboxylic acids is 2. The van der Waals surface area contributed by atoms with E-state index in [9.17, 15) is 14.4 Å². The molecule has 2 N–H and O–H groups in total. The average molecular weight is 314 g/mol. The van der Waals surface area contributed by atoms with E-state index in [0.717, 1.165) is 5.56 Å². The monoisotopic (exact) mass is 314 g/mol. The van der Waals surface area contributed by atoms with Crippen LogP contribution in [0, 0.1) is 12.8 Å². The molecule has 3 rings (SSSR count). The number of anilines is 1. The van der Waals surface area contributed by atoms with Crippen LogP contribution in [-0.4, -0.2) is 34.7 Å². The number of piperidine rings is 1. The predicted octanol–water partition coefficient (Wildman–Crippen LogP) is 0.517. The quantitative estimate of drug-likeness (QED) is 0.833. The Morgan fingerprint density at radius 2 is 2.09 bits per heavy atom. The minimum atomic E-state index is -0.374. The summed E-state index contributed by atoms with van der Waals surface area (Å²) in [5.41, 5.74) is 6.41. The number of aldehydes is 1. The van der Waals surface area contributed by atoms with Crippen LogP contribution in [0.4, 0.5) is 5.82 Å². The lowest BCUT2D eigenvalue weighted by molar-refractivity contribution is -0.122. The van der Waals surface area contributed by atoms with Gasteiger partial charge in [-0.3, -0.25) is 18.8 Å². The summed E-state index contributed by atoms with van der Waals surface area (Å²) in [4.78, 5) is 41.7. The third-order valence-electron chi connectivity index (χ3n) is 4.38. The number of nitrogens with zero attached hydrogens (tertiary/aromatic N) is 3. The van der Waals surface area contributed by atoms with Crippen molar-refractivity contribution in [3.8, 4) is 0 Å². The first kappa shape index (κ1) is 15.2. The molecular weight excluding hydrogens is 296 g/mol. The molecule has 7 nitrogen and oxygen atoms in total. The number of carbonyl (C=O) groups is 2. The van der Waals surface area contributed by atoms with Gasteiger partial charge in [-0.2, -0.15) is 0 Å². The largest absolute Gasteiger partial charge is 0.369 e. The number of pyridine rings is 1. The standard InChI is InChI=1S/C16H18N4O3/c1-10-3-2-6-20-14(10)18-15(12(9-21)16(20)23)19-7-4-11(5-8-19)13(17)22/h2-3,6,9,11H,4-5,7-8H2,1H3,(H2,17,22). The molecule has 0 bridgehead atoms. The van der Waals surface area contributed by atoms with Crippen LogP contribution in [-0.2, 0) is 4.79 Å². The minimum Gasteiger partial charge on any atom is -0.369 e. The number of aryl methyl sites for hydroxylation is 1. The van der Waals surface area contributed by atoms with Crippen LogP contribution in [0.2, 0.25) is 0 Å². The van der Waals surface area contributed by atoms with E-state index in [0.29, 0.717) is 43.7 Å². The van der Waals surface area contributed by atoms with Crippen LogP contribution < -0.4 is 16.2 Å². The SMILES string of the molecule is Cc1cccn2c(=O)c(C=O)c(N3CCC(C(N)=O)CC3)nc12. The van der Waals surface area contributed by atoms with Crippen LogP contribution in [0.3, 0.4) is 0 Å². The maximum absolute atomic E-state index is 12.5. The summed E-state index contributed by atoms with van der Waals surface area (Å²) in [6.07, 6.45) is 3.36. The van der Waals surface area contributed by atoms with E-state index in [2.05, 4.69) is 4.98 Å². The molecule has 1 fully saturated rings. The van der Waals surface area contributed by atoms with Gasteiger partial charge in [-0.15, -0.1) is 0 Å². The summed E-state index contributed by atoms with van der Waals surface area (Å²) in [6, 6.07) is 3.61. The van der Waals surface area contributed by atoms with Gasteiger partial charge in [-0.05, 0) is 31.4 Å². The highest BCUT2D eigenvalue weighted by Crippen LogP contribution is 2.23. The Morgan fingerprint density at radius 3 is 2.70 bits per heavy atom. The van der Waals surface area contributed by atoms with Gasteiger partial charge in [-0.25, -0.2) is 4.98 Å². The number of rotatable bonds is 3. The second kappa shape index (κ2) is 5.83. The summed E-state index contributed by atoms with van der Waals surface area (Å²) in [6.45, 7) is 2.96. The van der Waals surface area contributed by atoms with Gasteiger partial charge in [0.25, 0.3) is 5.56 Å². The van der Waals surface area contributed by atoms with Crippen molar-refractivity contribution in [2.24, 2.45) is 11.7 Å². The molecule has 2 aromatic heterocycles. The van der Waals surface area contributed by atoms with Gasteiger partial charge in [0.05, 0.1) is 0 Å². The van der Waals surface area contributed by atoms with Crippen molar-refractivity contribution in [2.75, 3.05) is 18.0 Å². The van der Waals surface area contributed by atoms with E-state index in [4.69, 9.17) is 5.73 Å². The van der Waals surface area contributed by atoms with Crippen molar-refractivity contribution in [1.82, 2.24) is 9.38 Å². The second-order valence-corrected chi connectivity index (χ2v) is 5.82. The lowest BCUT2D eigenvalue weighted by Crippen LogP contribution is -2.40. The minimum absolute atomic E-state index is 0.0469. The number of primary amides is 1. The van der Waals surface area contributed by atoms with E-state index in [1.807, 2.05) is 17.9 Å². The van der Waals surface area contributed by atoms with Crippen molar-refractivity contribution < 1.29 is 9.59 Å². The lowest BCUT2D eigenvalue weighted by atomic mass is 9.96. The summed E-state index contributed by atoms with van der Waals surface area (Å²) in [5, 5.41) is 0. The molecule has 0 unspecified atom stereocenters. The highest BCUT2D eigenvalue weighted by atomic mass is 16.1. The molecule has 1 amide bonds. The first-order valence-electron chi connectivity index (χ1n) is 7.54. The zero-order valence-corrected chi connectivity index (χ0v) is 12.9. The van der Waals surface area contributed by atoms with Crippen LogP contribution in [0.5, 0.6) is 0 Å². The highest BCUT2D eigenvalue weighted by Gasteiger charge is 2.26. The van der Waals surface area contributed by atoms with E-state index < -0.39 is 0 Å². The van der Waals surface area contributed by atoms with Crippen molar-refractivity contribution in [1.29, 1.82) is 0 Å². The van der Waals surface area contributed by atoms with E-state index in [1.165, 1.54) is 4.40 Å². The fourth-order valence-electron chi connectivity index (χ4n) is 3.02. The molecule has 23 heavy (non-hydrogen) atoms. The molecule has 1 saturated heterocycles. The zero-order chi connectivity index (χ0) is 16.6. The van der Waals surface area contributed by atoms with Crippen LogP contribution in [0.25, 0.3) is 5.65 Å². The zero-order valence-electron chi connectivity index (χ0n) is 12.9. The van der Waals surface area contributed by atoms with Crippen molar-refractivity contribution in [3.05, 3.63) is 39.8 Å². The molecule has 1 aliphatic heterocycles. The number of nitrogens with two attached hydrogens (primary N) is 1. The Morgan fingerprint density at radius 1 is 1.39 bits per heavy atom. The first-order valence-corrected chi connectivity index (χ1v) is 7.54. The molecule has 3 heterocycles. The number of fused-ring (bicyclic) bond motifs is 1. The smallest absolute Gasteiger partial charge is 0.270 e. The third kappa shape index (κ3) is 2.58. The fraction of sp³-hybridized carbons (Fsp3) is 0.375. The number of hydrogen-bond acceptors (Lipinski definition) is 5. The van der Waals surface area contributed by atoms with Crippen molar-refractivity contribution in [3.63, 3.8) is 0 Å². The topological polar surface area (TPSA) is 97.8 Å². The molecule has 0 saturated carbocycles. The summed E-state index contributed by atoms with van der Waals surface area (Å²) in [7, 11) is 0. The Kier molecular flexibility index (Phi) is 3.85. The number of hydrogen-bond donors (Lipinski definition) is 1. The maximum atomic E-state index is 12.5. The van der Waals surface area contributed by atoms with Gasteiger partial charge in [0.15, 0.2) is 6.29 Å². The predicted molar refractivity (Wildman–Crippen MR) is 85.7 cm³/mol. The summed E-state index contributed by atoms with van der Waals surface area (Å²) >= 11 is 0. The van der Waals surface area contributed by atoms with Crippen molar-refractivity contribution >= 4 is 23.7 Å². The van der Waals surface area contributed by atoms with Gasteiger partial charge in [0.1, 0.15) is 17.0 Å². The second-order valence-electron chi connectivity index (χ2n) is 5.82. The van der Waals surface area contributed by atoms with Gasteiger partial charge in [0, 0.05) is 25.2 Å². The van der Waals surface area contributed by atoms with Crippen LogP contribution >= 0.6 is 0 Å². The Bertz CT molecular complexity index is 835. The molecule has 1 aliphatic rings. The van der Waals surface area contributed by atoms with E-state index >= 15 is 0 Å². The molecule has 7 heteroatoms. The molecule has 0 aromatic carbocycles. The first-order chi connectivity index (χ1) is 11.0. The Balaban J connectivity index is 2.07. The molecule has 0 spiro atoms. The summed E-state index contributed by atoms with van der Waals surface area (Å²) in [5.74, 6) is -0.0703. The van der Waals surface area contributed by atoms with Crippen molar-refractivity contribution in [2.45, 2.75) is 19.8 Å². The molecule has 2 aromatic rings. The van der Waals surface area contributed by atoms with E-state index in [1.54, 1.807) is 12.3 Å². The number of amides is 1. The third-order valence-corrected chi connectivity index (χ3v) is 4.38. The lowest BCUT2D eigenvalue weighted by Gasteiger charge is -2.32. The molecular formula is C16H18N4O3. The van der Waals surface area contributed by atoms with Gasteiger partial charge >= 0.3 is 0 Å². The molecule has 0 atom stereocenters. The maximum Gasteiger partial charge on any atom is 0.270 e. The Labute approximate surface area is 132 Å². The number of aromatic nitrogens is 2. The van der Waals surface area contributed by atoms with Gasteiger partial charge < -0.3 is 10.6 Å². The van der Waals surface area contributed by atoms with E-state index in [-0.39, 0.29) is 22.9 Å². The molecule has 0 radical (unpaired) electrons. The molecule has 120 valence electrons. The van der Waals surface area contributed by atoms with Crippen LogP contribution in [0.15, 0.2) is 23.1 Å². The Hall–Kier alpha value is -2.70. The van der Waals surface area contributed by atoms with Crippen LogP contribution in [0.1, 0.15) is 28.8 Å². The average Bonchev–Trinajstić information content (AvgIpc) is 2.55. The van der Waals surface area contributed by atoms with Gasteiger partial charge in [0.2, 0.25) is 5.91 Å². The van der Waals surface area contributed by atoms with Gasteiger partial charge in [-0.1, -0.05) is 6.07 Å².